The molecule has 92 valence electrons. The van der Waals surface area contributed by atoms with Gasteiger partial charge in [0.1, 0.15) is 5.60 Å². The van der Waals surface area contributed by atoms with Crippen LogP contribution in [0.25, 0.3) is 0 Å². The smallest absolute Gasteiger partial charge is 0.410 e. The first-order valence-corrected chi connectivity index (χ1v) is 6.08. The summed E-state index contributed by atoms with van der Waals surface area (Å²) in [5, 5.41) is 0. The van der Waals surface area contributed by atoms with E-state index in [1.165, 1.54) is 5.57 Å². The number of nitrogens with zero attached hydrogens (tertiary/aromatic N) is 1. The summed E-state index contributed by atoms with van der Waals surface area (Å²) in [7, 11) is 0. The minimum absolute atomic E-state index is 0.186. The molecule has 0 radical (unpaired) electrons. The monoisotopic (exact) mass is 225 g/mol. The maximum absolute atomic E-state index is 11.8. The van der Waals surface area contributed by atoms with Gasteiger partial charge in [-0.2, -0.15) is 0 Å². The van der Waals surface area contributed by atoms with Gasteiger partial charge in [0.2, 0.25) is 0 Å². The van der Waals surface area contributed by atoms with Gasteiger partial charge in [0.25, 0.3) is 0 Å². The van der Waals surface area contributed by atoms with Crippen molar-refractivity contribution in [2.45, 2.75) is 52.6 Å². The van der Waals surface area contributed by atoms with E-state index in [4.69, 9.17) is 4.74 Å². The van der Waals surface area contributed by atoms with Gasteiger partial charge in [0.15, 0.2) is 0 Å². The Morgan fingerprint density at radius 2 is 2.19 bits per heavy atom. The van der Waals surface area contributed by atoms with Crippen molar-refractivity contribution in [2.24, 2.45) is 0 Å². The molecule has 1 rings (SSSR count). The minimum Gasteiger partial charge on any atom is -0.444 e. The molecule has 3 heteroatoms. The Hall–Kier alpha value is -0.990. The highest BCUT2D eigenvalue weighted by atomic mass is 16.6. The average molecular weight is 225 g/mol. The second kappa shape index (κ2) is 5.37. The number of hydrogen-bond acceptors (Lipinski definition) is 2. The van der Waals surface area contributed by atoms with Gasteiger partial charge >= 0.3 is 6.09 Å². The molecule has 3 nitrogen and oxygen atoms in total. The van der Waals surface area contributed by atoms with Crippen molar-refractivity contribution >= 4 is 6.09 Å². The summed E-state index contributed by atoms with van der Waals surface area (Å²) in [6.07, 6.45) is 5.24. The van der Waals surface area contributed by atoms with Crippen LogP contribution in [0.4, 0.5) is 4.79 Å². The highest BCUT2D eigenvalue weighted by Gasteiger charge is 2.23. The second-order valence-corrected chi connectivity index (χ2v) is 5.30. The van der Waals surface area contributed by atoms with E-state index >= 15 is 0 Å². The van der Waals surface area contributed by atoms with E-state index in [9.17, 15) is 4.79 Å². The number of carbonyl (C=O) groups is 1. The highest BCUT2D eigenvalue weighted by Crippen LogP contribution is 2.17. The Labute approximate surface area is 98.5 Å². The first kappa shape index (κ1) is 13.1. The van der Waals surface area contributed by atoms with Crippen LogP contribution in [0.3, 0.4) is 0 Å². The lowest BCUT2D eigenvalue weighted by Crippen LogP contribution is -2.39. The molecule has 0 saturated carbocycles. The van der Waals surface area contributed by atoms with Crippen LogP contribution in [0, 0.1) is 0 Å². The molecule has 1 aliphatic heterocycles. The Balaban J connectivity index is 2.50. The first-order valence-electron chi connectivity index (χ1n) is 6.08. The Kier molecular flexibility index (Phi) is 4.39. The predicted molar refractivity (Wildman–Crippen MR) is 65.4 cm³/mol. The lowest BCUT2D eigenvalue weighted by molar-refractivity contribution is 0.0261. The van der Waals surface area contributed by atoms with Crippen LogP contribution < -0.4 is 0 Å². The minimum atomic E-state index is -0.400. The molecule has 16 heavy (non-hydrogen) atoms. The van der Waals surface area contributed by atoms with E-state index in [-0.39, 0.29) is 6.09 Å². The van der Waals surface area contributed by atoms with Crippen LogP contribution in [0.5, 0.6) is 0 Å². The third-order valence-corrected chi connectivity index (χ3v) is 2.45. The maximum atomic E-state index is 11.8. The second-order valence-electron chi connectivity index (χ2n) is 5.30. The van der Waals surface area contributed by atoms with E-state index in [1.807, 2.05) is 20.8 Å². The zero-order chi connectivity index (χ0) is 12.2. The molecular weight excluding hydrogens is 202 g/mol. The fourth-order valence-corrected chi connectivity index (χ4v) is 1.80. The van der Waals surface area contributed by atoms with E-state index in [0.717, 1.165) is 32.4 Å². The number of hydrogen-bond donors (Lipinski definition) is 0. The van der Waals surface area contributed by atoms with E-state index in [2.05, 4.69) is 13.0 Å². The first-order chi connectivity index (χ1) is 7.42. The van der Waals surface area contributed by atoms with Crippen LogP contribution >= 0.6 is 0 Å². The van der Waals surface area contributed by atoms with Gasteiger partial charge in [0.05, 0.1) is 0 Å². The van der Waals surface area contributed by atoms with Crippen molar-refractivity contribution in [3.05, 3.63) is 11.6 Å². The van der Waals surface area contributed by atoms with Gasteiger partial charge in [-0.1, -0.05) is 25.0 Å². The van der Waals surface area contributed by atoms with Crippen LogP contribution in [-0.4, -0.2) is 29.7 Å². The molecule has 0 aromatic carbocycles. The summed E-state index contributed by atoms with van der Waals surface area (Å²) in [5.41, 5.74) is 0.961. The molecule has 0 saturated heterocycles. The van der Waals surface area contributed by atoms with Crippen LogP contribution in [0.1, 0.15) is 47.0 Å². The van der Waals surface area contributed by atoms with Gasteiger partial charge in [-0.3, -0.25) is 0 Å². The summed E-state index contributed by atoms with van der Waals surface area (Å²) in [6.45, 7) is 9.38. The van der Waals surface area contributed by atoms with Crippen LogP contribution in [0.15, 0.2) is 11.6 Å². The number of rotatable bonds is 2. The maximum Gasteiger partial charge on any atom is 0.410 e. The zero-order valence-corrected chi connectivity index (χ0v) is 10.9. The number of carbonyl (C=O) groups excluding carboxylic acids is 1. The summed E-state index contributed by atoms with van der Waals surface area (Å²) in [5.74, 6) is 0. The van der Waals surface area contributed by atoms with E-state index in [1.54, 1.807) is 4.90 Å². The number of ether oxygens (including phenoxy) is 1. The molecule has 0 unspecified atom stereocenters. The van der Waals surface area contributed by atoms with Gasteiger partial charge in [-0.05, 0) is 33.6 Å². The fraction of sp³-hybridized carbons (Fsp3) is 0.769. The zero-order valence-electron chi connectivity index (χ0n) is 10.9. The van der Waals surface area contributed by atoms with Crippen LogP contribution in [0.2, 0.25) is 0 Å². The van der Waals surface area contributed by atoms with Crippen molar-refractivity contribution in [3.8, 4) is 0 Å². The van der Waals surface area contributed by atoms with E-state index in [0.29, 0.717) is 0 Å². The quantitative estimate of drug-likeness (QED) is 0.674. The lowest BCUT2D eigenvalue weighted by atomic mass is 10.1. The Morgan fingerprint density at radius 3 is 2.75 bits per heavy atom. The summed E-state index contributed by atoms with van der Waals surface area (Å²) in [6, 6.07) is 0. The molecular formula is C13H23NO2. The lowest BCUT2D eigenvalue weighted by Gasteiger charge is -2.30. The predicted octanol–water partition coefficient (Wildman–Crippen LogP) is 3.35. The average Bonchev–Trinajstić information content (AvgIpc) is 2.16. The Bertz CT molecular complexity index is 276. The van der Waals surface area contributed by atoms with E-state index < -0.39 is 5.60 Å². The van der Waals surface area contributed by atoms with Crippen molar-refractivity contribution < 1.29 is 9.53 Å². The van der Waals surface area contributed by atoms with Crippen molar-refractivity contribution in [2.75, 3.05) is 13.1 Å². The van der Waals surface area contributed by atoms with Gasteiger partial charge in [0, 0.05) is 13.1 Å². The fourth-order valence-electron chi connectivity index (χ4n) is 1.80. The Morgan fingerprint density at radius 1 is 1.50 bits per heavy atom. The molecule has 0 N–H and O–H groups in total. The van der Waals surface area contributed by atoms with Crippen molar-refractivity contribution in [1.29, 1.82) is 0 Å². The molecule has 0 spiro atoms. The standard InChI is InChI=1S/C13H23NO2/c1-5-7-11-8-6-9-14(10-11)12(15)16-13(2,3)4/h8H,5-7,9-10H2,1-4H3. The molecule has 1 amide bonds. The normalized spacial score (nSPS) is 17.0. The summed E-state index contributed by atoms with van der Waals surface area (Å²) >= 11 is 0. The SMILES string of the molecule is CCCC1=CCCN(C(=O)OC(C)(C)C)C1. The topological polar surface area (TPSA) is 29.5 Å². The van der Waals surface area contributed by atoms with Gasteiger partial charge in [-0.15, -0.1) is 0 Å². The van der Waals surface area contributed by atoms with Crippen molar-refractivity contribution in [1.82, 2.24) is 4.90 Å². The highest BCUT2D eigenvalue weighted by molar-refractivity contribution is 5.68. The number of amides is 1. The third-order valence-electron chi connectivity index (χ3n) is 2.45. The molecule has 0 aromatic rings. The molecule has 0 bridgehead atoms. The molecule has 0 aromatic heterocycles. The van der Waals surface area contributed by atoms with Crippen LogP contribution in [-0.2, 0) is 4.74 Å². The molecule has 0 fully saturated rings. The molecule has 1 aliphatic rings. The summed E-state index contributed by atoms with van der Waals surface area (Å²) in [4.78, 5) is 13.6. The largest absolute Gasteiger partial charge is 0.444 e. The third kappa shape index (κ3) is 4.25. The summed E-state index contributed by atoms with van der Waals surface area (Å²) < 4.78 is 5.36. The molecule has 1 heterocycles. The molecule has 0 atom stereocenters. The van der Waals surface area contributed by atoms with Crippen molar-refractivity contribution in [3.63, 3.8) is 0 Å². The molecule has 0 aliphatic carbocycles. The van der Waals surface area contributed by atoms with Gasteiger partial charge in [-0.25, -0.2) is 4.79 Å². The van der Waals surface area contributed by atoms with Gasteiger partial charge < -0.3 is 9.64 Å².